The lowest BCUT2D eigenvalue weighted by Gasteiger charge is -2.18. The lowest BCUT2D eigenvalue weighted by molar-refractivity contribution is -0.167. The summed E-state index contributed by atoms with van der Waals surface area (Å²) in [4.78, 5) is 38.2. The highest BCUT2D eigenvalue weighted by molar-refractivity contribution is 5.71. The van der Waals surface area contributed by atoms with Gasteiger partial charge in [-0.1, -0.05) is 241 Å². The molecule has 0 aromatic heterocycles. The fraction of sp³-hybridized carbons (Fsp3) is 0.766. The Balaban J connectivity index is 4.34. The average Bonchev–Trinajstić information content (AvgIpc) is 3.36. The monoisotopic (exact) mass is 977 g/mol. The molecule has 0 aromatic carbocycles. The van der Waals surface area contributed by atoms with Crippen LogP contribution in [0.3, 0.4) is 0 Å². The van der Waals surface area contributed by atoms with Crippen LogP contribution in [0.5, 0.6) is 0 Å². The van der Waals surface area contributed by atoms with Gasteiger partial charge in [0.1, 0.15) is 13.2 Å². The maximum atomic E-state index is 12.9. The minimum atomic E-state index is -0.783. The van der Waals surface area contributed by atoms with Crippen molar-refractivity contribution in [1.29, 1.82) is 0 Å². The van der Waals surface area contributed by atoms with Crippen molar-refractivity contribution in [3.63, 3.8) is 0 Å². The molecule has 6 heteroatoms. The maximum absolute atomic E-state index is 12.9. The quantitative estimate of drug-likeness (QED) is 0.0261. The summed E-state index contributed by atoms with van der Waals surface area (Å²) in [5.74, 6) is -0.890. The van der Waals surface area contributed by atoms with E-state index in [2.05, 4.69) is 93.7 Å². The first-order valence-corrected chi connectivity index (χ1v) is 29.9. The standard InChI is InChI=1S/C64H112O6/c1-4-7-10-13-16-19-22-25-27-29-31-32-34-35-37-39-42-45-48-51-54-57-63(66)69-60-61(59-68-62(65)56-53-50-47-44-41-24-21-18-15-12-9-6-3)70-64(67)58-55-52-49-46-43-40-38-36-33-30-28-26-23-20-17-14-11-8-5-2/h7,10,16,18-19,21,25-28,31-32,61H,4-6,8-9,11-15,17,20,22-24,29-30,33-60H2,1-3H3/b10-7-,19-16-,21-18-,27-25-,28-26-,32-31-. The van der Waals surface area contributed by atoms with Gasteiger partial charge >= 0.3 is 17.9 Å². The van der Waals surface area contributed by atoms with E-state index in [-0.39, 0.29) is 31.1 Å². The molecule has 0 bridgehead atoms. The van der Waals surface area contributed by atoms with Crippen molar-refractivity contribution >= 4 is 17.9 Å². The van der Waals surface area contributed by atoms with Gasteiger partial charge in [0.25, 0.3) is 0 Å². The summed E-state index contributed by atoms with van der Waals surface area (Å²) >= 11 is 0. The van der Waals surface area contributed by atoms with E-state index in [1.54, 1.807) is 0 Å². The highest BCUT2D eigenvalue weighted by Gasteiger charge is 2.19. The summed E-state index contributed by atoms with van der Waals surface area (Å²) in [6, 6.07) is 0. The van der Waals surface area contributed by atoms with E-state index in [4.69, 9.17) is 14.2 Å². The SMILES string of the molecule is CC/C=C\C/C=C\C/C=C\C/C=C\CCCCCCCCCCC(=O)OCC(COC(=O)CCCCCCC/C=C\CCCCC)OC(=O)CCCCCCCCCCC/C=C\CCCCCCCC. The molecule has 0 N–H and O–H groups in total. The second kappa shape index (κ2) is 58.4. The van der Waals surface area contributed by atoms with Gasteiger partial charge in [-0.3, -0.25) is 14.4 Å². The molecule has 0 aromatic rings. The van der Waals surface area contributed by atoms with Gasteiger partial charge < -0.3 is 14.2 Å². The van der Waals surface area contributed by atoms with Crippen molar-refractivity contribution in [2.45, 2.75) is 303 Å². The van der Waals surface area contributed by atoms with Crippen LogP contribution in [0.4, 0.5) is 0 Å². The molecule has 0 aliphatic rings. The minimum absolute atomic E-state index is 0.0820. The predicted molar refractivity (Wildman–Crippen MR) is 302 cm³/mol. The highest BCUT2D eigenvalue weighted by atomic mass is 16.6. The number of hydrogen-bond donors (Lipinski definition) is 0. The van der Waals surface area contributed by atoms with Gasteiger partial charge in [-0.15, -0.1) is 0 Å². The number of carbonyl (C=O) groups excluding carboxylic acids is 3. The van der Waals surface area contributed by atoms with Crippen LogP contribution in [0, 0.1) is 0 Å². The molecule has 0 amide bonds. The molecule has 0 saturated heterocycles. The van der Waals surface area contributed by atoms with Crippen molar-refractivity contribution in [3.05, 3.63) is 72.9 Å². The molecule has 0 aliphatic carbocycles. The van der Waals surface area contributed by atoms with Crippen LogP contribution in [0.15, 0.2) is 72.9 Å². The fourth-order valence-corrected chi connectivity index (χ4v) is 8.42. The summed E-state index contributed by atoms with van der Waals surface area (Å²) in [7, 11) is 0. The van der Waals surface area contributed by atoms with Gasteiger partial charge in [0, 0.05) is 19.3 Å². The normalized spacial score (nSPS) is 12.6. The Hall–Kier alpha value is -3.15. The zero-order valence-corrected chi connectivity index (χ0v) is 46.3. The Kier molecular flexibility index (Phi) is 55.8. The summed E-state index contributed by atoms with van der Waals surface area (Å²) in [6.45, 7) is 6.51. The fourth-order valence-electron chi connectivity index (χ4n) is 8.42. The molecule has 0 radical (unpaired) electrons. The first-order chi connectivity index (χ1) is 34.5. The Labute approximate surface area is 433 Å². The van der Waals surface area contributed by atoms with Crippen LogP contribution >= 0.6 is 0 Å². The first kappa shape index (κ1) is 66.9. The van der Waals surface area contributed by atoms with Crippen molar-refractivity contribution in [2.24, 2.45) is 0 Å². The number of esters is 3. The first-order valence-electron chi connectivity index (χ1n) is 29.9. The third kappa shape index (κ3) is 55.8. The molecule has 0 rings (SSSR count). The zero-order valence-electron chi connectivity index (χ0n) is 46.3. The van der Waals surface area contributed by atoms with E-state index in [0.29, 0.717) is 19.3 Å². The van der Waals surface area contributed by atoms with Crippen LogP contribution < -0.4 is 0 Å². The number of hydrogen-bond acceptors (Lipinski definition) is 6. The van der Waals surface area contributed by atoms with Gasteiger partial charge in [-0.05, 0) is 109 Å². The third-order valence-electron chi connectivity index (χ3n) is 12.9. The number of ether oxygens (including phenoxy) is 3. The van der Waals surface area contributed by atoms with E-state index in [1.807, 2.05) is 0 Å². The third-order valence-corrected chi connectivity index (χ3v) is 12.9. The second-order valence-corrected chi connectivity index (χ2v) is 19.9. The zero-order chi connectivity index (χ0) is 50.7. The molecule has 0 aliphatic heterocycles. The number of rotatable bonds is 54. The summed E-state index contributed by atoms with van der Waals surface area (Å²) in [5.41, 5.74) is 0. The number of allylic oxidation sites excluding steroid dienone is 12. The Bertz CT molecular complexity index is 1310. The summed E-state index contributed by atoms with van der Waals surface area (Å²) < 4.78 is 16.9. The molecule has 70 heavy (non-hydrogen) atoms. The lowest BCUT2D eigenvalue weighted by atomic mass is 10.1. The van der Waals surface area contributed by atoms with Crippen molar-refractivity contribution in [1.82, 2.24) is 0 Å². The minimum Gasteiger partial charge on any atom is -0.462 e. The molecule has 404 valence electrons. The molecule has 0 saturated carbocycles. The molecule has 6 nitrogen and oxygen atoms in total. The Morgan fingerprint density at radius 3 is 0.914 bits per heavy atom. The number of unbranched alkanes of at least 4 members (excludes halogenated alkanes) is 31. The van der Waals surface area contributed by atoms with Crippen LogP contribution in [-0.4, -0.2) is 37.2 Å². The Morgan fingerprint density at radius 1 is 0.300 bits per heavy atom. The van der Waals surface area contributed by atoms with E-state index < -0.39 is 6.10 Å². The average molecular weight is 978 g/mol. The molecule has 1 atom stereocenters. The van der Waals surface area contributed by atoms with Crippen molar-refractivity contribution in [3.8, 4) is 0 Å². The van der Waals surface area contributed by atoms with Crippen molar-refractivity contribution < 1.29 is 28.6 Å². The van der Waals surface area contributed by atoms with Crippen LogP contribution in [0.25, 0.3) is 0 Å². The number of carbonyl (C=O) groups is 3. The topological polar surface area (TPSA) is 78.9 Å². The summed E-state index contributed by atoms with van der Waals surface area (Å²) in [6.07, 6.45) is 74.6. The molecular weight excluding hydrogens is 865 g/mol. The van der Waals surface area contributed by atoms with E-state index in [9.17, 15) is 14.4 Å². The lowest BCUT2D eigenvalue weighted by Crippen LogP contribution is -2.30. The van der Waals surface area contributed by atoms with E-state index in [1.165, 1.54) is 161 Å². The van der Waals surface area contributed by atoms with Gasteiger partial charge in [0.15, 0.2) is 6.10 Å². The molecule has 1 unspecified atom stereocenters. The van der Waals surface area contributed by atoms with Crippen LogP contribution in [0.2, 0.25) is 0 Å². The molecule has 0 heterocycles. The Morgan fingerprint density at radius 2 is 0.557 bits per heavy atom. The molecule has 0 fully saturated rings. The molecular formula is C64H112O6. The van der Waals surface area contributed by atoms with Crippen LogP contribution in [-0.2, 0) is 28.6 Å². The van der Waals surface area contributed by atoms with Crippen LogP contribution in [0.1, 0.15) is 297 Å². The van der Waals surface area contributed by atoms with Gasteiger partial charge in [-0.2, -0.15) is 0 Å². The van der Waals surface area contributed by atoms with E-state index in [0.717, 1.165) is 96.3 Å². The van der Waals surface area contributed by atoms with Gasteiger partial charge in [-0.25, -0.2) is 0 Å². The highest BCUT2D eigenvalue weighted by Crippen LogP contribution is 2.16. The van der Waals surface area contributed by atoms with Gasteiger partial charge in [0.2, 0.25) is 0 Å². The largest absolute Gasteiger partial charge is 0.462 e. The maximum Gasteiger partial charge on any atom is 0.306 e. The smallest absolute Gasteiger partial charge is 0.306 e. The van der Waals surface area contributed by atoms with Gasteiger partial charge in [0.05, 0.1) is 0 Å². The summed E-state index contributed by atoms with van der Waals surface area (Å²) in [5, 5.41) is 0. The second-order valence-electron chi connectivity index (χ2n) is 19.9. The predicted octanol–water partition coefficient (Wildman–Crippen LogP) is 20.2. The molecule has 0 spiro atoms. The van der Waals surface area contributed by atoms with E-state index >= 15 is 0 Å². The van der Waals surface area contributed by atoms with Crippen molar-refractivity contribution in [2.75, 3.05) is 13.2 Å².